The van der Waals surface area contributed by atoms with Crippen LogP contribution in [0.15, 0.2) is 59.1 Å². The Hall–Kier alpha value is -1.65. The minimum atomic E-state index is -0.631. The van der Waals surface area contributed by atoms with Crippen LogP contribution in [0.1, 0.15) is 17.2 Å². The number of amides is 1. The maximum Gasteiger partial charge on any atom is 0.241 e. The predicted molar refractivity (Wildman–Crippen MR) is 79.4 cm³/mol. The molecule has 3 N–H and O–H groups in total. The van der Waals surface area contributed by atoms with E-state index in [1.54, 1.807) is 0 Å². The molecule has 0 aromatic heterocycles. The number of carbonyl (C=O) groups is 1. The number of rotatable bonds is 4. The summed E-state index contributed by atoms with van der Waals surface area (Å²) in [5.74, 6) is -0.175. The standard InChI is InChI=1S/C15H15BrN2O/c16-13-8-4-5-11(9-13)10-18-15(19)14(17)12-6-2-1-3-7-12/h1-9,14H,10,17H2,(H,18,19). The van der Waals surface area contributed by atoms with Crippen LogP contribution in [-0.4, -0.2) is 5.91 Å². The summed E-state index contributed by atoms with van der Waals surface area (Å²) in [4.78, 5) is 12.0. The highest BCUT2D eigenvalue weighted by atomic mass is 79.9. The zero-order valence-electron chi connectivity index (χ0n) is 10.3. The number of carbonyl (C=O) groups excluding carboxylic acids is 1. The van der Waals surface area contributed by atoms with Crippen molar-refractivity contribution in [2.75, 3.05) is 0 Å². The van der Waals surface area contributed by atoms with E-state index in [4.69, 9.17) is 5.73 Å². The van der Waals surface area contributed by atoms with Crippen LogP contribution in [-0.2, 0) is 11.3 Å². The molecule has 0 radical (unpaired) electrons. The van der Waals surface area contributed by atoms with E-state index in [1.165, 1.54) is 0 Å². The molecular weight excluding hydrogens is 304 g/mol. The first-order valence-corrected chi connectivity index (χ1v) is 6.79. The molecule has 0 aliphatic rings. The molecule has 0 aliphatic carbocycles. The van der Waals surface area contributed by atoms with Crippen molar-refractivity contribution in [3.05, 3.63) is 70.2 Å². The van der Waals surface area contributed by atoms with E-state index in [-0.39, 0.29) is 5.91 Å². The lowest BCUT2D eigenvalue weighted by atomic mass is 10.1. The van der Waals surface area contributed by atoms with Gasteiger partial charge in [0.1, 0.15) is 6.04 Å². The monoisotopic (exact) mass is 318 g/mol. The highest BCUT2D eigenvalue weighted by Gasteiger charge is 2.14. The summed E-state index contributed by atoms with van der Waals surface area (Å²) in [6.45, 7) is 0.471. The van der Waals surface area contributed by atoms with Gasteiger partial charge in [0.2, 0.25) is 5.91 Å². The van der Waals surface area contributed by atoms with Gasteiger partial charge in [-0.25, -0.2) is 0 Å². The second-order valence-corrected chi connectivity index (χ2v) is 5.15. The van der Waals surface area contributed by atoms with E-state index < -0.39 is 6.04 Å². The van der Waals surface area contributed by atoms with E-state index in [9.17, 15) is 4.79 Å². The molecule has 0 spiro atoms. The Balaban J connectivity index is 1.95. The molecule has 98 valence electrons. The topological polar surface area (TPSA) is 55.1 Å². The van der Waals surface area contributed by atoms with Gasteiger partial charge in [-0.2, -0.15) is 0 Å². The van der Waals surface area contributed by atoms with Crippen molar-refractivity contribution in [1.29, 1.82) is 0 Å². The highest BCUT2D eigenvalue weighted by molar-refractivity contribution is 9.10. The van der Waals surface area contributed by atoms with Gasteiger partial charge >= 0.3 is 0 Å². The van der Waals surface area contributed by atoms with E-state index in [2.05, 4.69) is 21.2 Å². The van der Waals surface area contributed by atoms with Crippen molar-refractivity contribution >= 4 is 21.8 Å². The van der Waals surface area contributed by atoms with Gasteiger partial charge in [0.05, 0.1) is 0 Å². The molecule has 0 bridgehead atoms. The van der Waals surface area contributed by atoms with Gasteiger partial charge in [-0.15, -0.1) is 0 Å². The van der Waals surface area contributed by atoms with Gasteiger partial charge in [0.25, 0.3) is 0 Å². The molecule has 0 aliphatic heterocycles. The Morgan fingerprint density at radius 2 is 1.89 bits per heavy atom. The third-order valence-corrected chi connectivity index (χ3v) is 3.29. The quantitative estimate of drug-likeness (QED) is 0.910. The van der Waals surface area contributed by atoms with Crippen molar-refractivity contribution < 1.29 is 4.79 Å². The molecule has 0 heterocycles. The summed E-state index contributed by atoms with van der Waals surface area (Å²) in [5, 5.41) is 2.84. The number of benzene rings is 2. The zero-order chi connectivity index (χ0) is 13.7. The summed E-state index contributed by atoms with van der Waals surface area (Å²) in [5.41, 5.74) is 7.76. The molecule has 0 fully saturated rings. The fourth-order valence-corrected chi connectivity index (χ4v) is 2.20. The largest absolute Gasteiger partial charge is 0.350 e. The van der Waals surface area contributed by atoms with E-state index >= 15 is 0 Å². The lowest BCUT2D eigenvalue weighted by Crippen LogP contribution is -2.33. The first-order chi connectivity index (χ1) is 9.16. The molecule has 3 nitrogen and oxygen atoms in total. The molecule has 0 saturated heterocycles. The third-order valence-electron chi connectivity index (χ3n) is 2.80. The van der Waals surface area contributed by atoms with Crippen LogP contribution in [0.5, 0.6) is 0 Å². The smallest absolute Gasteiger partial charge is 0.241 e. The van der Waals surface area contributed by atoms with Gasteiger partial charge in [-0.3, -0.25) is 4.79 Å². The first kappa shape index (κ1) is 13.8. The van der Waals surface area contributed by atoms with E-state index in [0.717, 1.165) is 15.6 Å². The van der Waals surface area contributed by atoms with Crippen LogP contribution in [0.4, 0.5) is 0 Å². The summed E-state index contributed by atoms with van der Waals surface area (Å²) in [7, 11) is 0. The molecule has 1 unspecified atom stereocenters. The van der Waals surface area contributed by atoms with Crippen LogP contribution in [0.3, 0.4) is 0 Å². The van der Waals surface area contributed by atoms with Crippen LogP contribution in [0.25, 0.3) is 0 Å². The van der Waals surface area contributed by atoms with Gasteiger partial charge in [-0.05, 0) is 23.3 Å². The second kappa shape index (κ2) is 6.50. The zero-order valence-corrected chi connectivity index (χ0v) is 11.9. The Labute approximate surface area is 121 Å². The van der Waals surface area contributed by atoms with Gasteiger partial charge in [0.15, 0.2) is 0 Å². The summed E-state index contributed by atoms with van der Waals surface area (Å²) in [6, 6.07) is 16.5. The number of hydrogen-bond acceptors (Lipinski definition) is 2. The molecule has 1 atom stereocenters. The summed E-state index contributed by atoms with van der Waals surface area (Å²) < 4.78 is 0.992. The Kier molecular flexibility index (Phi) is 4.71. The fraction of sp³-hybridized carbons (Fsp3) is 0.133. The molecule has 4 heteroatoms. The lowest BCUT2D eigenvalue weighted by Gasteiger charge is -2.12. The Morgan fingerprint density at radius 1 is 1.16 bits per heavy atom. The van der Waals surface area contributed by atoms with Crippen molar-refractivity contribution in [1.82, 2.24) is 5.32 Å². The minimum absolute atomic E-state index is 0.175. The molecule has 2 rings (SSSR count). The van der Waals surface area contributed by atoms with Crippen LogP contribution in [0, 0.1) is 0 Å². The first-order valence-electron chi connectivity index (χ1n) is 5.99. The number of nitrogens with two attached hydrogens (primary N) is 1. The average Bonchev–Trinajstić information content (AvgIpc) is 2.45. The molecule has 2 aromatic carbocycles. The van der Waals surface area contributed by atoms with Crippen molar-refractivity contribution in [3.63, 3.8) is 0 Å². The van der Waals surface area contributed by atoms with Crippen molar-refractivity contribution in [3.8, 4) is 0 Å². The Bertz CT molecular complexity index is 557. The van der Waals surface area contributed by atoms with Crippen LogP contribution >= 0.6 is 15.9 Å². The summed E-state index contributed by atoms with van der Waals surface area (Å²) in [6.07, 6.45) is 0. The van der Waals surface area contributed by atoms with Crippen LogP contribution < -0.4 is 11.1 Å². The molecule has 0 saturated carbocycles. The maximum absolute atomic E-state index is 12.0. The molecule has 19 heavy (non-hydrogen) atoms. The van der Waals surface area contributed by atoms with E-state index in [1.807, 2.05) is 54.6 Å². The van der Waals surface area contributed by atoms with Crippen molar-refractivity contribution in [2.24, 2.45) is 5.73 Å². The number of halogens is 1. The van der Waals surface area contributed by atoms with Crippen molar-refractivity contribution in [2.45, 2.75) is 12.6 Å². The van der Waals surface area contributed by atoms with Gasteiger partial charge < -0.3 is 11.1 Å². The van der Waals surface area contributed by atoms with Gasteiger partial charge in [-0.1, -0.05) is 58.4 Å². The molecule has 1 amide bonds. The van der Waals surface area contributed by atoms with E-state index in [0.29, 0.717) is 6.54 Å². The fourth-order valence-electron chi connectivity index (χ4n) is 1.76. The number of nitrogens with one attached hydrogen (secondary N) is 1. The molecule has 2 aromatic rings. The van der Waals surface area contributed by atoms with Crippen LogP contribution in [0.2, 0.25) is 0 Å². The number of hydrogen-bond donors (Lipinski definition) is 2. The summed E-state index contributed by atoms with van der Waals surface area (Å²) >= 11 is 3.40. The third kappa shape index (κ3) is 3.91. The van der Waals surface area contributed by atoms with Gasteiger partial charge in [0, 0.05) is 11.0 Å². The minimum Gasteiger partial charge on any atom is -0.350 e. The lowest BCUT2D eigenvalue weighted by molar-refractivity contribution is -0.122. The maximum atomic E-state index is 12.0. The SMILES string of the molecule is NC(C(=O)NCc1cccc(Br)c1)c1ccccc1. The second-order valence-electron chi connectivity index (χ2n) is 4.24. The normalized spacial score (nSPS) is 11.9. The predicted octanol–water partition coefficient (Wildman–Crippen LogP) is 2.77. The Morgan fingerprint density at radius 3 is 2.58 bits per heavy atom. The molecular formula is C15H15BrN2O. The highest BCUT2D eigenvalue weighted by Crippen LogP contribution is 2.12. The average molecular weight is 319 g/mol.